The number of nitrogens with two attached hydrogens (primary N) is 1. The van der Waals surface area contributed by atoms with Crippen LogP contribution in [0.25, 0.3) is 0 Å². The molecule has 0 aliphatic heterocycles. The summed E-state index contributed by atoms with van der Waals surface area (Å²) in [7, 11) is 1.72. The van der Waals surface area contributed by atoms with E-state index in [4.69, 9.17) is 10.8 Å². The first-order chi connectivity index (χ1) is 6.66. The molecule has 0 radical (unpaired) electrons. The Hall–Kier alpha value is -0.610. The number of carbonyl (C=O) groups is 1. The van der Waals surface area contributed by atoms with Crippen molar-refractivity contribution in [1.82, 2.24) is 4.90 Å². The molecule has 0 saturated carbocycles. The zero-order chi connectivity index (χ0) is 12.2. The first-order valence-corrected chi connectivity index (χ1v) is 5.35. The highest BCUT2D eigenvalue weighted by Crippen LogP contribution is 2.18. The molecule has 0 heterocycles. The van der Waals surface area contributed by atoms with Gasteiger partial charge in [0.15, 0.2) is 0 Å². The van der Waals surface area contributed by atoms with Crippen LogP contribution in [-0.2, 0) is 4.79 Å². The molecule has 0 aliphatic rings. The van der Waals surface area contributed by atoms with Gasteiger partial charge in [0.05, 0.1) is 12.1 Å². The Morgan fingerprint density at radius 3 is 2.27 bits per heavy atom. The summed E-state index contributed by atoms with van der Waals surface area (Å²) in [4.78, 5) is 13.4. The second-order valence-corrected chi connectivity index (χ2v) is 5.24. The van der Waals surface area contributed by atoms with E-state index in [1.807, 2.05) is 20.8 Å². The van der Waals surface area contributed by atoms with E-state index >= 15 is 0 Å². The van der Waals surface area contributed by atoms with Crippen molar-refractivity contribution in [3.8, 4) is 0 Å². The number of likely N-dealkylation sites (N-methyl/N-ethyl adjacent to an activating group) is 1. The highest BCUT2D eigenvalue weighted by Gasteiger charge is 2.29. The van der Waals surface area contributed by atoms with E-state index in [2.05, 4.69) is 0 Å². The van der Waals surface area contributed by atoms with Gasteiger partial charge in [-0.05, 0) is 18.8 Å². The second kappa shape index (κ2) is 5.47. The van der Waals surface area contributed by atoms with E-state index in [0.717, 1.165) is 0 Å². The quantitative estimate of drug-likeness (QED) is 0.722. The van der Waals surface area contributed by atoms with Crippen molar-refractivity contribution in [1.29, 1.82) is 0 Å². The minimum atomic E-state index is -0.489. The van der Waals surface area contributed by atoms with E-state index in [0.29, 0.717) is 13.0 Å². The number of aliphatic hydroxyl groups excluding tert-OH is 1. The lowest BCUT2D eigenvalue weighted by Crippen LogP contribution is -2.49. The zero-order valence-corrected chi connectivity index (χ0v) is 10.4. The van der Waals surface area contributed by atoms with Gasteiger partial charge in [0.2, 0.25) is 5.91 Å². The molecular formula is C11H24N2O2. The Morgan fingerprint density at radius 1 is 1.47 bits per heavy atom. The van der Waals surface area contributed by atoms with Gasteiger partial charge in [-0.1, -0.05) is 20.8 Å². The summed E-state index contributed by atoms with van der Waals surface area (Å²) in [5.41, 5.74) is 5.62. The molecule has 2 unspecified atom stereocenters. The van der Waals surface area contributed by atoms with Gasteiger partial charge in [-0.3, -0.25) is 4.79 Å². The molecule has 3 N–H and O–H groups in total. The largest absolute Gasteiger partial charge is 0.393 e. The Bertz CT molecular complexity index is 209. The molecule has 0 aliphatic carbocycles. The summed E-state index contributed by atoms with van der Waals surface area (Å²) in [6, 6.07) is -0.489. The third-order valence-corrected chi connectivity index (χ3v) is 2.46. The molecule has 0 bridgehead atoms. The lowest BCUT2D eigenvalue weighted by Gasteiger charge is -2.30. The van der Waals surface area contributed by atoms with Crippen molar-refractivity contribution in [2.75, 3.05) is 13.6 Å². The van der Waals surface area contributed by atoms with E-state index < -0.39 is 6.04 Å². The van der Waals surface area contributed by atoms with Crippen LogP contribution in [0.3, 0.4) is 0 Å². The molecule has 0 fully saturated rings. The number of hydrogen-bond acceptors (Lipinski definition) is 3. The molecule has 15 heavy (non-hydrogen) atoms. The first kappa shape index (κ1) is 14.4. The summed E-state index contributed by atoms with van der Waals surface area (Å²) in [6.07, 6.45) is 0.199. The molecule has 0 spiro atoms. The summed E-state index contributed by atoms with van der Waals surface area (Å²) >= 11 is 0. The van der Waals surface area contributed by atoms with Crippen molar-refractivity contribution in [3.05, 3.63) is 0 Å². The van der Waals surface area contributed by atoms with Gasteiger partial charge in [0.1, 0.15) is 0 Å². The Labute approximate surface area is 92.4 Å². The third kappa shape index (κ3) is 5.14. The molecule has 90 valence electrons. The van der Waals surface area contributed by atoms with Gasteiger partial charge < -0.3 is 15.7 Å². The summed E-state index contributed by atoms with van der Waals surface area (Å²) in [6.45, 7) is 8.08. The maximum atomic E-state index is 11.8. The maximum absolute atomic E-state index is 11.8. The van der Waals surface area contributed by atoms with Crippen LogP contribution in [0.1, 0.15) is 34.1 Å². The van der Waals surface area contributed by atoms with Crippen LogP contribution in [0.15, 0.2) is 0 Å². The van der Waals surface area contributed by atoms with Gasteiger partial charge in [0.25, 0.3) is 0 Å². The highest BCUT2D eigenvalue weighted by molar-refractivity contribution is 5.82. The molecule has 0 rings (SSSR count). The summed E-state index contributed by atoms with van der Waals surface area (Å²) in [5.74, 6) is -0.0665. The summed E-state index contributed by atoms with van der Waals surface area (Å²) < 4.78 is 0. The molecule has 0 aromatic heterocycles. The van der Waals surface area contributed by atoms with E-state index in [1.165, 1.54) is 0 Å². The topological polar surface area (TPSA) is 66.6 Å². The van der Waals surface area contributed by atoms with E-state index in [-0.39, 0.29) is 17.4 Å². The number of aliphatic hydroxyl groups is 1. The predicted octanol–water partition coefficient (Wildman–Crippen LogP) is 0.589. The normalized spacial score (nSPS) is 15.9. The molecule has 2 atom stereocenters. The fourth-order valence-electron chi connectivity index (χ4n) is 1.10. The Kier molecular flexibility index (Phi) is 5.24. The number of hydrogen-bond donors (Lipinski definition) is 2. The van der Waals surface area contributed by atoms with Gasteiger partial charge in [-0.2, -0.15) is 0 Å². The fourth-order valence-corrected chi connectivity index (χ4v) is 1.10. The highest BCUT2D eigenvalue weighted by atomic mass is 16.3. The van der Waals surface area contributed by atoms with Gasteiger partial charge in [-0.25, -0.2) is 0 Å². The lowest BCUT2D eigenvalue weighted by atomic mass is 9.86. The molecule has 4 heteroatoms. The Balaban J connectivity index is 4.20. The molecule has 1 amide bonds. The van der Waals surface area contributed by atoms with Crippen molar-refractivity contribution in [2.45, 2.75) is 46.3 Å². The smallest absolute Gasteiger partial charge is 0.239 e. The van der Waals surface area contributed by atoms with E-state index in [9.17, 15) is 4.79 Å². The number of nitrogens with zero attached hydrogens (tertiary/aromatic N) is 1. The van der Waals surface area contributed by atoms with Crippen molar-refractivity contribution < 1.29 is 9.90 Å². The van der Waals surface area contributed by atoms with E-state index in [1.54, 1.807) is 18.9 Å². The van der Waals surface area contributed by atoms with Crippen LogP contribution >= 0.6 is 0 Å². The minimum Gasteiger partial charge on any atom is -0.393 e. The van der Waals surface area contributed by atoms with Crippen LogP contribution < -0.4 is 5.73 Å². The van der Waals surface area contributed by atoms with Crippen LogP contribution in [0.4, 0.5) is 0 Å². The molecule has 4 nitrogen and oxygen atoms in total. The second-order valence-electron chi connectivity index (χ2n) is 5.24. The molecule has 0 aromatic rings. The summed E-state index contributed by atoms with van der Waals surface area (Å²) in [5, 5.41) is 9.11. The van der Waals surface area contributed by atoms with Gasteiger partial charge >= 0.3 is 0 Å². The third-order valence-electron chi connectivity index (χ3n) is 2.46. The van der Waals surface area contributed by atoms with Crippen molar-refractivity contribution in [3.63, 3.8) is 0 Å². The van der Waals surface area contributed by atoms with Crippen LogP contribution in [0.5, 0.6) is 0 Å². The van der Waals surface area contributed by atoms with Crippen molar-refractivity contribution >= 4 is 5.91 Å². The molecular weight excluding hydrogens is 192 g/mol. The monoisotopic (exact) mass is 216 g/mol. The molecule has 0 saturated heterocycles. The standard InChI is InChI=1S/C11H24N2O2/c1-8(14)6-7-13(5)10(15)9(12)11(2,3)4/h8-9,14H,6-7,12H2,1-5H3. The maximum Gasteiger partial charge on any atom is 0.239 e. The Morgan fingerprint density at radius 2 is 1.93 bits per heavy atom. The molecule has 0 aromatic carbocycles. The average molecular weight is 216 g/mol. The fraction of sp³-hybridized carbons (Fsp3) is 0.909. The van der Waals surface area contributed by atoms with Crippen LogP contribution in [0.2, 0.25) is 0 Å². The van der Waals surface area contributed by atoms with Gasteiger partial charge in [0, 0.05) is 13.6 Å². The minimum absolute atomic E-state index is 0.0665. The SMILES string of the molecule is CC(O)CCN(C)C(=O)C(N)C(C)(C)C. The number of carbonyl (C=O) groups excluding carboxylic acids is 1. The number of rotatable bonds is 4. The predicted molar refractivity (Wildman–Crippen MR) is 61.4 cm³/mol. The van der Waals surface area contributed by atoms with Crippen molar-refractivity contribution in [2.24, 2.45) is 11.1 Å². The average Bonchev–Trinajstić information content (AvgIpc) is 2.10. The van der Waals surface area contributed by atoms with Gasteiger partial charge in [-0.15, -0.1) is 0 Å². The van der Waals surface area contributed by atoms with Crippen LogP contribution in [0, 0.1) is 5.41 Å². The van der Waals surface area contributed by atoms with Crippen LogP contribution in [-0.4, -0.2) is 41.7 Å². The lowest BCUT2D eigenvalue weighted by molar-refractivity contribution is -0.133. The zero-order valence-electron chi connectivity index (χ0n) is 10.4. The number of amides is 1. The first-order valence-electron chi connectivity index (χ1n) is 5.35.